The van der Waals surface area contributed by atoms with Gasteiger partial charge in [-0.3, -0.25) is 4.79 Å². The maximum atomic E-state index is 12.3. The minimum atomic E-state index is -0.377. The molecule has 6 heteroatoms. The molecule has 3 rings (SSSR count). The van der Waals surface area contributed by atoms with Crippen LogP contribution in [0.5, 0.6) is 0 Å². The standard InChI is InChI=1S/C17H12BrClN2O2/c18-10-5-6-14(13(20)9-10)21-17(22)16-8-7-15(23-16)11-3-1-2-4-12(11)19/h1-9H,20H2,(H,21,22). The fourth-order valence-corrected chi connectivity index (χ4v) is 2.70. The van der Waals surface area contributed by atoms with E-state index in [2.05, 4.69) is 21.2 Å². The number of halogens is 2. The van der Waals surface area contributed by atoms with Gasteiger partial charge >= 0.3 is 0 Å². The van der Waals surface area contributed by atoms with Gasteiger partial charge in [-0.2, -0.15) is 0 Å². The van der Waals surface area contributed by atoms with E-state index >= 15 is 0 Å². The Labute approximate surface area is 146 Å². The maximum absolute atomic E-state index is 12.3. The Morgan fingerprint density at radius 3 is 2.65 bits per heavy atom. The third-order valence-electron chi connectivity index (χ3n) is 3.23. The number of furan rings is 1. The number of carbonyl (C=O) groups excluding carboxylic acids is 1. The predicted octanol–water partition coefficient (Wildman–Crippen LogP) is 5.20. The largest absolute Gasteiger partial charge is 0.451 e. The molecule has 3 N–H and O–H groups in total. The maximum Gasteiger partial charge on any atom is 0.291 e. The molecule has 116 valence electrons. The van der Waals surface area contributed by atoms with Crippen molar-refractivity contribution >= 4 is 44.8 Å². The third-order valence-corrected chi connectivity index (χ3v) is 4.05. The Bertz CT molecular complexity index is 877. The highest BCUT2D eigenvalue weighted by Crippen LogP contribution is 2.29. The highest BCUT2D eigenvalue weighted by atomic mass is 79.9. The Kier molecular flexibility index (Phi) is 4.41. The van der Waals surface area contributed by atoms with E-state index in [-0.39, 0.29) is 11.7 Å². The first-order valence-electron chi connectivity index (χ1n) is 6.76. The summed E-state index contributed by atoms with van der Waals surface area (Å²) in [6, 6.07) is 15.8. The molecular weight excluding hydrogens is 380 g/mol. The second kappa shape index (κ2) is 6.48. The molecule has 1 heterocycles. The lowest BCUT2D eigenvalue weighted by molar-refractivity contribution is 0.0997. The van der Waals surface area contributed by atoms with Gasteiger partial charge < -0.3 is 15.5 Å². The van der Waals surface area contributed by atoms with E-state index in [4.69, 9.17) is 21.8 Å². The van der Waals surface area contributed by atoms with Crippen LogP contribution in [0.25, 0.3) is 11.3 Å². The lowest BCUT2D eigenvalue weighted by Crippen LogP contribution is -2.12. The summed E-state index contributed by atoms with van der Waals surface area (Å²) in [5, 5.41) is 3.28. The van der Waals surface area contributed by atoms with Gasteiger partial charge in [0.1, 0.15) is 5.76 Å². The van der Waals surface area contributed by atoms with Crippen LogP contribution < -0.4 is 11.1 Å². The van der Waals surface area contributed by atoms with Gasteiger partial charge in [0.05, 0.1) is 16.4 Å². The number of carbonyl (C=O) groups is 1. The van der Waals surface area contributed by atoms with Crippen molar-refractivity contribution in [3.8, 4) is 11.3 Å². The number of hydrogen-bond donors (Lipinski definition) is 2. The average molecular weight is 392 g/mol. The van der Waals surface area contributed by atoms with Crippen LogP contribution in [0, 0.1) is 0 Å². The van der Waals surface area contributed by atoms with E-state index in [1.165, 1.54) is 0 Å². The highest BCUT2D eigenvalue weighted by molar-refractivity contribution is 9.10. The molecule has 0 bridgehead atoms. The molecule has 0 unspecified atom stereocenters. The number of benzene rings is 2. The van der Waals surface area contributed by atoms with E-state index in [0.717, 1.165) is 10.0 Å². The summed E-state index contributed by atoms with van der Waals surface area (Å²) in [7, 11) is 0. The molecule has 4 nitrogen and oxygen atoms in total. The van der Waals surface area contributed by atoms with Crippen LogP contribution in [0.3, 0.4) is 0 Å². The van der Waals surface area contributed by atoms with Crippen molar-refractivity contribution in [1.82, 2.24) is 0 Å². The van der Waals surface area contributed by atoms with Crippen molar-refractivity contribution in [2.24, 2.45) is 0 Å². The van der Waals surface area contributed by atoms with Gasteiger partial charge in [-0.05, 0) is 42.5 Å². The minimum Gasteiger partial charge on any atom is -0.451 e. The number of nitrogen functional groups attached to an aromatic ring is 1. The van der Waals surface area contributed by atoms with E-state index in [0.29, 0.717) is 22.2 Å². The summed E-state index contributed by atoms with van der Waals surface area (Å²) >= 11 is 9.45. The first kappa shape index (κ1) is 15.6. The van der Waals surface area contributed by atoms with Crippen LogP contribution in [0.4, 0.5) is 11.4 Å². The summed E-state index contributed by atoms with van der Waals surface area (Å²) in [4.78, 5) is 12.3. The molecule has 0 aliphatic heterocycles. The first-order chi connectivity index (χ1) is 11.0. The zero-order valence-electron chi connectivity index (χ0n) is 11.8. The highest BCUT2D eigenvalue weighted by Gasteiger charge is 2.15. The van der Waals surface area contributed by atoms with Crippen LogP contribution in [-0.2, 0) is 0 Å². The fraction of sp³-hybridized carbons (Fsp3) is 0. The molecule has 23 heavy (non-hydrogen) atoms. The van der Waals surface area contributed by atoms with Crippen LogP contribution in [0.1, 0.15) is 10.6 Å². The normalized spacial score (nSPS) is 10.5. The van der Waals surface area contributed by atoms with Gasteiger partial charge in [0.2, 0.25) is 0 Å². The smallest absolute Gasteiger partial charge is 0.291 e. The summed E-state index contributed by atoms with van der Waals surface area (Å²) in [5.41, 5.74) is 7.59. The number of amides is 1. The van der Waals surface area contributed by atoms with Crippen LogP contribution >= 0.6 is 27.5 Å². The molecule has 0 aliphatic rings. The van der Waals surface area contributed by atoms with Crippen LogP contribution in [-0.4, -0.2) is 5.91 Å². The van der Waals surface area contributed by atoms with Crippen LogP contribution in [0.2, 0.25) is 5.02 Å². The SMILES string of the molecule is Nc1cc(Br)ccc1NC(=O)c1ccc(-c2ccccc2Cl)o1. The van der Waals surface area contributed by atoms with Gasteiger partial charge in [-0.15, -0.1) is 0 Å². The summed E-state index contributed by atoms with van der Waals surface area (Å²) in [6.45, 7) is 0. The molecular formula is C17H12BrClN2O2. The number of anilines is 2. The lowest BCUT2D eigenvalue weighted by atomic mass is 10.2. The molecule has 0 aliphatic carbocycles. The zero-order valence-corrected chi connectivity index (χ0v) is 14.2. The molecule has 0 saturated carbocycles. The van der Waals surface area contributed by atoms with E-state index in [9.17, 15) is 4.79 Å². The summed E-state index contributed by atoms with van der Waals surface area (Å²) < 4.78 is 6.44. The van der Waals surface area contributed by atoms with Crippen molar-refractivity contribution in [3.05, 3.63) is 69.9 Å². The molecule has 1 aromatic heterocycles. The van der Waals surface area contributed by atoms with Crippen molar-refractivity contribution < 1.29 is 9.21 Å². The fourth-order valence-electron chi connectivity index (χ4n) is 2.10. The topological polar surface area (TPSA) is 68.3 Å². The number of hydrogen-bond acceptors (Lipinski definition) is 3. The number of rotatable bonds is 3. The molecule has 0 fully saturated rings. The lowest BCUT2D eigenvalue weighted by Gasteiger charge is -2.07. The van der Waals surface area contributed by atoms with Gasteiger partial charge in [-0.1, -0.05) is 39.7 Å². The Morgan fingerprint density at radius 2 is 1.91 bits per heavy atom. The van der Waals surface area contributed by atoms with Gasteiger partial charge in [0, 0.05) is 10.0 Å². The zero-order chi connectivity index (χ0) is 16.4. The van der Waals surface area contributed by atoms with Crippen LogP contribution in [0.15, 0.2) is 63.5 Å². The molecule has 0 atom stereocenters. The minimum absolute atomic E-state index is 0.183. The van der Waals surface area contributed by atoms with Crippen molar-refractivity contribution in [2.45, 2.75) is 0 Å². The second-order valence-corrected chi connectivity index (χ2v) is 6.15. The summed E-state index contributed by atoms with van der Waals surface area (Å²) in [5.74, 6) is 0.337. The van der Waals surface area contributed by atoms with Gasteiger partial charge in [0.15, 0.2) is 5.76 Å². The molecule has 0 saturated heterocycles. The van der Waals surface area contributed by atoms with Crippen molar-refractivity contribution in [2.75, 3.05) is 11.1 Å². The van der Waals surface area contributed by atoms with Gasteiger partial charge in [0.25, 0.3) is 5.91 Å². The molecule has 0 spiro atoms. The number of nitrogens with one attached hydrogen (secondary N) is 1. The van der Waals surface area contributed by atoms with Crippen molar-refractivity contribution in [3.63, 3.8) is 0 Å². The molecule has 1 amide bonds. The second-order valence-electron chi connectivity index (χ2n) is 4.83. The Morgan fingerprint density at radius 1 is 1.13 bits per heavy atom. The van der Waals surface area contributed by atoms with Gasteiger partial charge in [-0.25, -0.2) is 0 Å². The Hall–Kier alpha value is -2.24. The number of nitrogens with two attached hydrogens (primary N) is 1. The van der Waals surface area contributed by atoms with E-state index in [1.54, 1.807) is 36.4 Å². The predicted molar refractivity (Wildman–Crippen MR) is 95.7 cm³/mol. The quantitative estimate of drug-likeness (QED) is 0.603. The van der Waals surface area contributed by atoms with E-state index in [1.807, 2.05) is 18.2 Å². The molecule has 0 radical (unpaired) electrons. The Balaban J connectivity index is 1.83. The average Bonchev–Trinajstić information content (AvgIpc) is 3.00. The summed E-state index contributed by atoms with van der Waals surface area (Å²) in [6.07, 6.45) is 0. The molecule has 3 aromatic rings. The first-order valence-corrected chi connectivity index (χ1v) is 7.93. The van der Waals surface area contributed by atoms with Crippen molar-refractivity contribution in [1.29, 1.82) is 0 Å². The molecule has 2 aromatic carbocycles. The third kappa shape index (κ3) is 3.41. The monoisotopic (exact) mass is 390 g/mol. The van der Waals surface area contributed by atoms with E-state index < -0.39 is 0 Å².